The monoisotopic (exact) mass is 557 g/mol. The number of hydrogen-bond donors (Lipinski definition) is 3. The maximum Gasteiger partial charge on any atom is 0.218 e. The predicted molar refractivity (Wildman–Crippen MR) is 141 cm³/mol. The molecule has 4 rings (SSSR count). The van der Waals surface area contributed by atoms with E-state index < -0.39 is 34.8 Å². The zero-order chi connectivity index (χ0) is 28.4. The predicted octanol–water partition coefficient (Wildman–Crippen LogP) is 3.68. The van der Waals surface area contributed by atoms with E-state index >= 15 is 0 Å². The van der Waals surface area contributed by atoms with Crippen molar-refractivity contribution in [2.45, 2.75) is 117 Å². The standard InChI is InChI=1S/C29H50O8S/c1-7-17(15(2)3)26(33)27(37-38(34,35)36)16(4)19-8-9-20-18-12-23(30)22-13-24(31)25(32)14-29(22,6)21(18)10-11-28(19,20)5/h15-22,24-27,31-33H,7-14H2,1-6H3,(H,34,35,36)/p-1/t16-,17-,18?,19?,20?,21?,22+,24-,25+,26+,27+,28+,29+/m0/s1. The van der Waals surface area contributed by atoms with Gasteiger partial charge in [0.15, 0.2) is 0 Å². The van der Waals surface area contributed by atoms with Gasteiger partial charge in [-0.15, -0.1) is 0 Å². The van der Waals surface area contributed by atoms with Gasteiger partial charge >= 0.3 is 0 Å². The minimum absolute atomic E-state index is 0.0407. The van der Waals surface area contributed by atoms with Gasteiger partial charge in [0, 0.05) is 12.3 Å². The van der Waals surface area contributed by atoms with Gasteiger partial charge in [0.2, 0.25) is 10.4 Å². The molecule has 0 aromatic heterocycles. The number of fused-ring (bicyclic) bond motifs is 5. The highest BCUT2D eigenvalue weighted by Gasteiger charge is 2.64. The van der Waals surface area contributed by atoms with E-state index in [0.717, 1.165) is 25.7 Å². The third-order valence-electron chi connectivity index (χ3n) is 12.0. The van der Waals surface area contributed by atoms with Crippen molar-refractivity contribution in [3.05, 3.63) is 0 Å². The summed E-state index contributed by atoms with van der Waals surface area (Å²) in [6.07, 6.45) is 1.56. The van der Waals surface area contributed by atoms with E-state index in [1.165, 1.54) is 0 Å². The topological polar surface area (TPSA) is 144 Å². The molecule has 4 aliphatic carbocycles. The molecule has 0 heterocycles. The number of ketones is 1. The Morgan fingerprint density at radius 1 is 1.05 bits per heavy atom. The lowest BCUT2D eigenvalue weighted by Crippen LogP contribution is -2.59. The van der Waals surface area contributed by atoms with E-state index in [1.54, 1.807) is 0 Å². The van der Waals surface area contributed by atoms with Crippen LogP contribution < -0.4 is 0 Å². The summed E-state index contributed by atoms with van der Waals surface area (Å²) in [4.78, 5) is 13.4. The lowest BCUT2D eigenvalue weighted by Gasteiger charge is -2.61. The number of rotatable bonds is 8. The number of aliphatic hydroxyl groups is 3. The van der Waals surface area contributed by atoms with Gasteiger partial charge in [-0.05, 0) is 90.8 Å². The van der Waals surface area contributed by atoms with Crippen LogP contribution in [0.15, 0.2) is 0 Å². The van der Waals surface area contributed by atoms with Gasteiger partial charge in [-0.3, -0.25) is 8.98 Å². The summed E-state index contributed by atoms with van der Waals surface area (Å²) >= 11 is 0. The third-order valence-corrected chi connectivity index (χ3v) is 12.5. The highest BCUT2D eigenvalue weighted by atomic mass is 32.3. The van der Waals surface area contributed by atoms with Gasteiger partial charge in [0.1, 0.15) is 11.9 Å². The van der Waals surface area contributed by atoms with E-state index in [1.807, 2.05) is 27.7 Å². The molecule has 3 N–H and O–H groups in total. The van der Waals surface area contributed by atoms with Crippen LogP contribution in [0.5, 0.6) is 0 Å². The Kier molecular flexibility index (Phi) is 8.54. The number of hydrogen-bond acceptors (Lipinski definition) is 8. The van der Waals surface area contributed by atoms with E-state index in [-0.39, 0.29) is 64.0 Å². The molecule has 4 aliphatic rings. The number of carbonyl (C=O) groups excluding carboxylic acids is 1. The first-order valence-electron chi connectivity index (χ1n) is 14.8. The Labute approximate surface area is 228 Å². The molecule has 220 valence electrons. The Morgan fingerprint density at radius 2 is 1.68 bits per heavy atom. The van der Waals surface area contributed by atoms with Crippen LogP contribution in [0.25, 0.3) is 0 Å². The van der Waals surface area contributed by atoms with Crippen LogP contribution in [-0.2, 0) is 19.4 Å². The molecule has 0 bridgehead atoms. The Morgan fingerprint density at radius 3 is 2.26 bits per heavy atom. The molecule has 13 atom stereocenters. The van der Waals surface area contributed by atoms with Crippen LogP contribution in [0.3, 0.4) is 0 Å². The summed E-state index contributed by atoms with van der Waals surface area (Å²) < 4.78 is 40.5. The quantitative estimate of drug-likeness (QED) is 0.303. The van der Waals surface area contributed by atoms with Gasteiger partial charge in [0.25, 0.3) is 0 Å². The van der Waals surface area contributed by atoms with Crippen molar-refractivity contribution in [1.29, 1.82) is 0 Å². The maximum absolute atomic E-state index is 13.4. The van der Waals surface area contributed by atoms with Crippen LogP contribution in [-0.4, -0.2) is 58.5 Å². The Bertz CT molecular complexity index is 983. The third kappa shape index (κ3) is 5.13. The van der Waals surface area contributed by atoms with Crippen molar-refractivity contribution in [2.24, 2.45) is 58.2 Å². The summed E-state index contributed by atoms with van der Waals surface area (Å²) in [7, 11) is -5.02. The summed E-state index contributed by atoms with van der Waals surface area (Å²) in [5.74, 6) is 0.256. The molecular weight excluding hydrogens is 508 g/mol. The first-order valence-corrected chi connectivity index (χ1v) is 16.1. The van der Waals surface area contributed by atoms with Gasteiger partial charge in [-0.1, -0.05) is 48.0 Å². The largest absolute Gasteiger partial charge is 0.726 e. The molecule has 4 saturated carbocycles. The minimum atomic E-state index is -5.02. The second-order valence-electron chi connectivity index (χ2n) is 14.0. The lowest BCUT2D eigenvalue weighted by molar-refractivity contribution is -0.174. The lowest BCUT2D eigenvalue weighted by atomic mass is 9.44. The van der Waals surface area contributed by atoms with E-state index in [0.29, 0.717) is 25.7 Å². The molecule has 4 unspecified atom stereocenters. The van der Waals surface area contributed by atoms with Crippen LogP contribution in [0.1, 0.15) is 92.9 Å². The average Bonchev–Trinajstić information content (AvgIpc) is 3.16. The summed E-state index contributed by atoms with van der Waals surface area (Å²) in [5, 5.41) is 32.2. The molecule has 38 heavy (non-hydrogen) atoms. The maximum atomic E-state index is 13.4. The average molecular weight is 558 g/mol. The molecule has 0 aromatic rings. The normalized spacial score (nSPS) is 44.6. The molecule has 0 saturated heterocycles. The van der Waals surface area contributed by atoms with Crippen LogP contribution in [0.4, 0.5) is 0 Å². The zero-order valence-corrected chi connectivity index (χ0v) is 24.7. The zero-order valence-electron chi connectivity index (χ0n) is 23.9. The van der Waals surface area contributed by atoms with E-state index in [4.69, 9.17) is 4.18 Å². The first-order chi connectivity index (χ1) is 17.5. The molecule has 0 aromatic carbocycles. The molecule has 0 aliphatic heterocycles. The Balaban J connectivity index is 1.62. The van der Waals surface area contributed by atoms with Crippen molar-refractivity contribution in [2.75, 3.05) is 0 Å². The van der Waals surface area contributed by atoms with Crippen LogP contribution in [0.2, 0.25) is 0 Å². The molecular formula is C29H49O8S-. The fourth-order valence-corrected chi connectivity index (χ4v) is 10.7. The van der Waals surface area contributed by atoms with Crippen molar-refractivity contribution in [3.8, 4) is 0 Å². The SMILES string of the molecule is CC[C@@H](C(C)C)[C@@H](O)[C@H](OS(=O)(=O)[O-])[C@@H](C)C1CCC2C3CC(=O)[C@H]4C[C@H](O)[C@H](O)C[C@]4(C)C3CC[C@@]21C. The molecule has 0 spiro atoms. The summed E-state index contributed by atoms with van der Waals surface area (Å²) in [6, 6.07) is 0. The van der Waals surface area contributed by atoms with E-state index in [9.17, 15) is 33.1 Å². The van der Waals surface area contributed by atoms with Crippen molar-refractivity contribution < 1.29 is 37.3 Å². The number of carbonyl (C=O) groups is 1. The number of aliphatic hydroxyl groups excluding tert-OH is 3. The smallest absolute Gasteiger partial charge is 0.218 e. The first kappa shape index (κ1) is 30.4. The van der Waals surface area contributed by atoms with Gasteiger partial charge < -0.3 is 19.9 Å². The second-order valence-corrected chi connectivity index (χ2v) is 15.1. The molecule has 0 amide bonds. The van der Waals surface area contributed by atoms with Crippen LogP contribution >= 0.6 is 0 Å². The Hall–Kier alpha value is -0.580. The van der Waals surface area contributed by atoms with E-state index in [2.05, 4.69) is 13.8 Å². The second kappa shape index (κ2) is 10.7. The summed E-state index contributed by atoms with van der Waals surface area (Å²) in [5.41, 5.74) is -0.516. The minimum Gasteiger partial charge on any atom is -0.726 e. The molecule has 4 fully saturated rings. The molecule has 9 heteroatoms. The number of Topliss-reactive ketones (excluding diaryl/α,β-unsaturated/α-hetero) is 1. The van der Waals surface area contributed by atoms with Gasteiger partial charge in [-0.2, -0.15) is 0 Å². The van der Waals surface area contributed by atoms with Gasteiger partial charge in [-0.25, -0.2) is 8.42 Å². The fourth-order valence-electron chi connectivity index (χ4n) is 10.1. The van der Waals surface area contributed by atoms with Crippen molar-refractivity contribution >= 4 is 16.2 Å². The highest BCUT2D eigenvalue weighted by molar-refractivity contribution is 7.80. The summed E-state index contributed by atoms with van der Waals surface area (Å²) in [6.45, 7) is 12.2. The van der Waals surface area contributed by atoms with Crippen molar-refractivity contribution in [3.63, 3.8) is 0 Å². The van der Waals surface area contributed by atoms with Crippen molar-refractivity contribution in [1.82, 2.24) is 0 Å². The fraction of sp³-hybridized carbons (Fsp3) is 0.966. The molecule has 0 radical (unpaired) electrons. The highest BCUT2D eigenvalue weighted by Crippen LogP contribution is 2.68. The molecule has 8 nitrogen and oxygen atoms in total. The van der Waals surface area contributed by atoms with Gasteiger partial charge in [0.05, 0.1) is 18.3 Å². The van der Waals surface area contributed by atoms with Crippen LogP contribution in [0, 0.1) is 58.2 Å².